The van der Waals surface area contributed by atoms with E-state index in [1.165, 1.54) is 6.07 Å². The molecule has 0 spiro atoms. The molecule has 0 bridgehead atoms. The SMILES string of the molecule is Cc1cc(Br)ccc1Nc1cc(F)cc(F)c1N. The third-order valence-electron chi connectivity index (χ3n) is 2.55. The Hall–Kier alpha value is -1.62. The lowest BCUT2D eigenvalue weighted by Gasteiger charge is -2.12. The number of hydrogen-bond acceptors (Lipinski definition) is 2. The van der Waals surface area contributed by atoms with E-state index in [0.717, 1.165) is 21.8 Å². The highest BCUT2D eigenvalue weighted by Gasteiger charge is 2.09. The van der Waals surface area contributed by atoms with Crippen LogP contribution in [0.25, 0.3) is 0 Å². The highest BCUT2D eigenvalue weighted by Crippen LogP contribution is 2.29. The number of hydrogen-bond donors (Lipinski definition) is 2. The molecule has 0 aromatic heterocycles. The van der Waals surface area contributed by atoms with Crippen LogP contribution in [0.3, 0.4) is 0 Å². The van der Waals surface area contributed by atoms with Gasteiger partial charge in [0.15, 0.2) is 5.82 Å². The van der Waals surface area contributed by atoms with Crippen LogP contribution in [0.4, 0.5) is 25.8 Å². The van der Waals surface area contributed by atoms with E-state index < -0.39 is 11.6 Å². The fourth-order valence-electron chi connectivity index (χ4n) is 1.60. The van der Waals surface area contributed by atoms with Crippen molar-refractivity contribution >= 4 is 33.0 Å². The fourth-order valence-corrected chi connectivity index (χ4v) is 2.08. The summed E-state index contributed by atoms with van der Waals surface area (Å²) in [6.07, 6.45) is 0. The third kappa shape index (κ3) is 2.61. The van der Waals surface area contributed by atoms with Gasteiger partial charge in [-0.2, -0.15) is 0 Å². The topological polar surface area (TPSA) is 38.0 Å². The first-order valence-corrected chi connectivity index (χ1v) is 6.04. The van der Waals surface area contributed by atoms with Crippen LogP contribution in [-0.4, -0.2) is 0 Å². The van der Waals surface area contributed by atoms with E-state index in [2.05, 4.69) is 21.2 Å². The molecule has 2 rings (SSSR count). The van der Waals surface area contributed by atoms with Crippen LogP contribution < -0.4 is 11.1 Å². The Kier molecular flexibility index (Phi) is 3.52. The van der Waals surface area contributed by atoms with Crippen molar-refractivity contribution in [3.8, 4) is 0 Å². The van der Waals surface area contributed by atoms with Gasteiger partial charge in [-0.3, -0.25) is 0 Å². The van der Waals surface area contributed by atoms with Crippen LogP contribution in [0.15, 0.2) is 34.8 Å². The molecule has 0 fully saturated rings. The third-order valence-corrected chi connectivity index (χ3v) is 3.05. The van der Waals surface area contributed by atoms with Gasteiger partial charge in [-0.1, -0.05) is 15.9 Å². The van der Waals surface area contributed by atoms with Gasteiger partial charge >= 0.3 is 0 Å². The summed E-state index contributed by atoms with van der Waals surface area (Å²) in [5.74, 6) is -1.44. The average molecular weight is 313 g/mol. The molecule has 0 aliphatic rings. The molecule has 0 unspecified atom stereocenters. The Morgan fingerprint density at radius 2 is 1.83 bits per heavy atom. The molecule has 2 nitrogen and oxygen atoms in total. The normalized spacial score (nSPS) is 10.4. The average Bonchev–Trinajstić information content (AvgIpc) is 2.29. The lowest BCUT2D eigenvalue weighted by Crippen LogP contribution is -2.01. The van der Waals surface area contributed by atoms with Crippen molar-refractivity contribution in [3.63, 3.8) is 0 Å². The van der Waals surface area contributed by atoms with Crippen LogP contribution in [0, 0.1) is 18.6 Å². The van der Waals surface area contributed by atoms with Crippen molar-refractivity contribution in [2.45, 2.75) is 6.92 Å². The maximum atomic E-state index is 13.3. The number of nitrogens with two attached hydrogens (primary N) is 1. The van der Waals surface area contributed by atoms with Gasteiger partial charge in [0.1, 0.15) is 5.82 Å². The Labute approximate surface area is 112 Å². The Bertz CT molecular complexity index is 600. The lowest BCUT2D eigenvalue weighted by atomic mass is 10.2. The first kappa shape index (κ1) is 12.8. The van der Waals surface area contributed by atoms with Crippen molar-refractivity contribution in [1.29, 1.82) is 0 Å². The van der Waals surface area contributed by atoms with E-state index in [0.29, 0.717) is 0 Å². The first-order valence-electron chi connectivity index (χ1n) is 5.25. The molecule has 0 saturated carbocycles. The first-order chi connectivity index (χ1) is 8.47. The van der Waals surface area contributed by atoms with Crippen LogP contribution in [0.2, 0.25) is 0 Å². The van der Waals surface area contributed by atoms with E-state index in [1.54, 1.807) is 0 Å². The van der Waals surface area contributed by atoms with Crippen molar-refractivity contribution < 1.29 is 8.78 Å². The molecular weight excluding hydrogens is 302 g/mol. The Balaban J connectivity index is 2.40. The second-order valence-corrected chi connectivity index (χ2v) is 4.85. The number of halogens is 3. The van der Waals surface area contributed by atoms with E-state index in [9.17, 15) is 8.78 Å². The summed E-state index contributed by atoms with van der Waals surface area (Å²) in [5, 5.41) is 2.92. The molecule has 94 valence electrons. The number of aryl methyl sites for hydroxylation is 1. The Morgan fingerprint density at radius 3 is 2.50 bits per heavy atom. The largest absolute Gasteiger partial charge is 0.395 e. The van der Waals surface area contributed by atoms with Crippen molar-refractivity contribution in [2.75, 3.05) is 11.1 Å². The highest BCUT2D eigenvalue weighted by atomic mass is 79.9. The zero-order valence-electron chi connectivity index (χ0n) is 9.60. The van der Waals surface area contributed by atoms with Crippen molar-refractivity contribution in [2.24, 2.45) is 0 Å². The number of benzene rings is 2. The summed E-state index contributed by atoms with van der Waals surface area (Å²) < 4.78 is 27.4. The van der Waals surface area contributed by atoms with E-state index in [4.69, 9.17) is 5.73 Å². The van der Waals surface area contributed by atoms with Crippen LogP contribution in [0.5, 0.6) is 0 Å². The number of nitrogen functional groups attached to an aromatic ring is 1. The summed E-state index contributed by atoms with van der Waals surface area (Å²) >= 11 is 3.35. The van der Waals surface area contributed by atoms with Gasteiger partial charge in [-0.25, -0.2) is 8.78 Å². The van der Waals surface area contributed by atoms with Gasteiger partial charge in [0, 0.05) is 16.2 Å². The maximum Gasteiger partial charge on any atom is 0.151 e. The van der Waals surface area contributed by atoms with Gasteiger partial charge < -0.3 is 11.1 Å². The van der Waals surface area contributed by atoms with Gasteiger partial charge in [0.05, 0.1) is 11.4 Å². The zero-order valence-corrected chi connectivity index (χ0v) is 11.2. The number of nitrogens with one attached hydrogen (secondary N) is 1. The van der Waals surface area contributed by atoms with Gasteiger partial charge in [-0.15, -0.1) is 0 Å². The van der Waals surface area contributed by atoms with E-state index in [1.807, 2.05) is 25.1 Å². The molecular formula is C13H11BrF2N2. The van der Waals surface area contributed by atoms with Gasteiger partial charge in [-0.05, 0) is 36.8 Å². The minimum Gasteiger partial charge on any atom is -0.395 e. The Morgan fingerprint density at radius 1 is 1.11 bits per heavy atom. The predicted octanol–water partition coefficient (Wildman–Crippen LogP) is 4.36. The fraction of sp³-hybridized carbons (Fsp3) is 0.0769. The zero-order chi connectivity index (χ0) is 13.3. The molecule has 0 amide bonds. The molecule has 0 aliphatic carbocycles. The number of rotatable bonds is 2. The predicted molar refractivity (Wildman–Crippen MR) is 72.9 cm³/mol. The van der Waals surface area contributed by atoms with Crippen LogP contribution >= 0.6 is 15.9 Å². The molecule has 5 heteroatoms. The molecule has 2 aromatic rings. The van der Waals surface area contributed by atoms with Gasteiger partial charge in [0.25, 0.3) is 0 Å². The van der Waals surface area contributed by atoms with Crippen molar-refractivity contribution in [3.05, 3.63) is 52.0 Å². The van der Waals surface area contributed by atoms with Crippen LogP contribution in [-0.2, 0) is 0 Å². The van der Waals surface area contributed by atoms with E-state index in [-0.39, 0.29) is 11.4 Å². The lowest BCUT2D eigenvalue weighted by molar-refractivity contribution is 0.587. The molecule has 0 aliphatic heterocycles. The molecule has 0 saturated heterocycles. The van der Waals surface area contributed by atoms with Gasteiger partial charge in [0.2, 0.25) is 0 Å². The maximum absolute atomic E-state index is 13.3. The summed E-state index contributed by atoms with van der Waals surface area (Å²) in [6.45, 7) is 1.89. The molecule has 18 heavy (non-hydrogen) atoms. The minimum absolute atomic E-state index is 0.0984. The summed E-state index contributed by atoms with van der Waals surface area (Å²) in [5.41, 5.74) is 7.37. The molecule has 0 atom stereocenters. The van der Waals surface area contributed by atoms with Crippen molar-refractivity contribution in [1.82, 2.24) is 0 Å². The molecule has 0 heterocycles. The summed E-state index contributed by atoms with van der Waals surface area (Å²) in [7, 11) is 0. The monoisotopic (exact) mass is 312 g/mol. The van der Waals surface area contributed by atoms with Crippen LogP contribution in [0.1, 0.15) is 5.56 Å². The molecule has 3 N–H and O–H groups in total. The summed E-state index contributed by atoms with van der Waals surface area (Å²) in [6, 6.07) is 7.46. The molecule has 0 radical (unpaired) electrons. The molecule has 2 aromatic carbocycles. The number of anilines is 3. The quantitative estimate of drug-likeness (QED) is 0.808. The minimum atomic E-state index is -0.771. The summed E-state index contributed by atoms with van der Waals surface area (Å²) in [4.78, 5) is 0. The highest BCUT2D eigenvalue weighted by molar-refractivity contribution is 9.10. The smallest absolute Gasteiger partial charge is 0.151 e. The standard InChI is InChI=1S/C13H11BrF2N2/c1-7-4-8(14)2-3-11(7)18-12-6-9(15)5-10(16)13(12)17/h2-6,18H,17H2,1H3. The second-order valence-electron chi connectivity index (χ2n) is 3.93. The second kappa shape index (κ2) is 4.94. The van der Waals surface area contributed by atoms with E-state index >= 15 is 0 Å².